The summed E-state index contributed by atoms with van der Waals surface area (Å²) in [5, 5.41) is 3.52. The van der Waals surface area contributed by atoms with Crippen LogP contribution in [0, 0.1) is 39.4 Å². The molecule has 5 heteroatoms. The molecule has 2 aromatic heterocycles. The molecule has 3 aromatic rings. The van der Waals surface area contributed by atoms with Gasteiger partial charge in [-0.3, -0.25) is 0 Å². The molecule has 1 aliphatic rings. The predicted molar refractivity (Wildman–Crippen MR) is 118 cm³/mol. The molecule has 4 rings (SSSR count). The van der Waals surface area contributed by atoms with Crippen LogP contribution in [-0.2, 0) is 6.54 Å². The van der Waals surface area contributed by atoms with Crippen LogP contribution in [0.3, 0.4) is 0 Å². The van der Waals surface area contributed by atoms with E-state index in [0.29, 0.717) is 18.0 Å². The molecule has 3 heterocycles. The Kier molecular flexibility index (Phi) is 4.85. The van der Waals surface area contributed by atoms with Gasteiger partial charge in [0.15, 0.2) is 5.65 Å². The van der Waals surface area contributed by atoms with Gasteiger partial charge in [0, 0.05) is 42.8 Å². The second-order valence-corrected chi connectivity index (χ2v) is 8.40. The fraction of sp³-hybridized carbons (Fsp3) is 0.375. The number of aromatic nitrogens is 2. The maximum absolute atomic E-state index is 14.1. The summed E-state index contributed by atoms with van der Waals surface area (Å²) in [5.74, 6) is 0.545. The van der Waals surface area contributed by atoms with Crippen molar-refractivity contribution in [1.82, 2.24) is 14.3 Å². The second-order valence-electron chi connectivity index (χ2n) is 8.40. The number of anilines is 1. The number of imidazole rings is 1. The highest BCUT2D eigenvalue weighted by Crippen LogP contribution is 2.31. The van der Waals surface area contributed by atoms with Crippen LogP contribution in [0.2, 0.25) is 0 Å². The van der Waals surface area contributed by atoms with Crippen LogP contribution in [0.25, 0.3) is 11.3 Å². The average molecular weight is 393 g/mol. The molecule has 0 saturated carbocycles. The van der Waals surface area contributed by atoms with E-state index in [9.17, 15) is 4.39 Å². The van der Waals surface area contributed by atoms with Crippen molar-refractivity contribution in [1.29, 1.82) is 0 Å². The van der Waals surface area contributed by atoms with E-state index in [-0.39, 0.29) is 5.82 Å². The zero-order chi connectivity index (χ0) is 20.9. The van der Waals surface area contributed by atoms with E-state index in [1.165, 1.54) is 6.07 Å². The molecule has 0 amide bonds. The molecule has 0 atom stereocenters. The number of pyridine rings is 1. The van der Waals surface area contributed by atoms with Gasteiger partial charge in [-0.25, -0.2) is 9.37 Å². The number of aryl methyl sites for hydroxylation is 3. The third-order valence-electron chi connectivity index (χ3n) is 6.20. The first-order valence-electron chi connectivity index (χ1n) is 10.2. The van der Waals surface area contributed by atoms with E-state index in [0.717, 1.165) is 58.2 Å². The van der Waals surface area contributed by atoms with E-state index in [4.69, 9.17) is 4.98 Å². The van der Waals surface area contributed by atoms with E-state index in [1.54, 1.807) is 0 Å². The fourth-order valence-electron chi connectivity index (χ4n) is 4.08. The summed E-state index contributed by atoms with van der Waals surface area (Å²) in [7, 11) is 0. The summed E-state index contributed by atoms with van der Waals surface area (Å²) in [6, 6.07) is 5.49. The highest BCUT2D eigenvalue weighted by atomic mass is 19.1. The molecule has 1 fully saturated rings. The number of benzene rings is 1. The number of nitrogens with one attached hydrogen (secondary N) is 1. The minimum Gasteiger partial charge on any atom is -0.378 e. The van der Waals surface area contributed by atoms with Crippen LogP contribution in [0.5, 0.6) is 0 Å². The van der Waals surface area contributed by atoms with Crippen molar-refractivity contribution in [2.24, 2.45) is 5.92 Å². The van der Waals surface area contributed by atoms with Crippen molar-refractivity contribution in [2.45, 2.75) is 41.2 Å². The summed E-state index contributed by atoms with van der Waals surface area (Å²) in [6.45, 7) is 17.2. The van der Waals surface area contributed by atoms with E-state index >= 15 is 0 Å². The smallest absolute Gasteiger partial charge is 0.160 e. The van der Waals surface area contributed by atoms with Gasteiger partial charge in [-0.05, 0) is 62.4 Å². The Morgan fingerprint density at radius 1 is 1.24 bits per heavy atom. The van der Waals surface area contributed by atoms with Crippen LogP contribution in [0.4, 0.5) is 10.1 Å². The lowest BCUT2D eigenvalue weighted by atomic mass is 10.00. The molecule has 0 radical (unpaired) electrons. The Labute approximate surface area is 172 Å². The maximum atomic E-state index is 14.1. The first kappa shape index (κ1) is 19.5. The minimum atomic E-state index is -0.168. The van der Waals surface area contributed by atoms with Crippen LogP contribution in [-0.4, -0.2) is 27.4 Å². The van der Waals surface area contributed by atoms with Crippen LogP contribution in [0.15, 0.2) is 31.0 Å². The number of hydrogen-bond donors (Lipinski definition) is 1. The molecule has 1 N–H and O–H groups in total. The number of halogens is 1. The summed E-state index contributed by atoms with van der Waals surface area (Å²) >= 11 is 0. The number of rotatable bonds is 5. The van der Waals surface area contributed by atoms with Crippen LogP contribution >= 0.6 is 0 Å². The van der Waals surface area contributed by atoms with Gasteiger partial charge in [-0.1, -0.05) is 19.6 Å². The molecule has 1 aromatic carbocycles. The van der Waals surface area contributed by atoms with Gasteiger partial charge in [-0.2, -0.15) is 0 Å². The SMILES string of the molecule is C=C(c1cc(NCc2c(C)ccc(F)c2C)c2nc(C)c(C)n2c1)N1CC(C)C1. The standard InChI is InChI=1S/C24H29FN4/c1-14-11-28(12-14)19(6)20-9-23(24-27-17(4)18(5)29(24)13-20)26-10-21-15(2)7-8-22(25)16(21)3/h7-9,13-14,26H,6,10-12H2,1-5H3. The molecule has 4 nitrogen and oxygen atoms in total. The molecule has 0 bridgehead atoms. The monoisotopic (exact) mass is 392 g/mol. The Bertz CT molecular complexity index is 1110. The highest BCUT2D eigenvalue weighted by Gasteiger charge is 2.25. The number of nitrogens with zero attached hydrogens (tertiary/aromatic N) is 3. The van der Waals surface area contributed by atoms with Crippen molar-refractivity contribution in [3.8, 4) is 0 Å². The zero-order valence-electron chi connectivity index (χ0n) is 17.9. The quantitative estimate of drug-likeness (QED) is 0.644. The Morgan fingerprint density at radius 3 is 2.66 bits per heavy atom. The Balaban J connectivity index is 1.72. The molecule has 0 unspecified atom stereocenters. The molecule has 0 spiro atoms. The molecular weight excluding hydrogens is 363 g/mol. The van der Waals surface area contributed by atoms with Gasteiger partial charge in [-0.15, -0.1) is 0 Å². The van der Waals surface area contributed by atoms with Gasteiger partial charge >= 0.3 is 0 Å². The minimum absolute atomic E-state index is 0.168. The van der Waals surface area contributed by atoms with Gasteiger partial charge in [0.1, 0.15) is 5.82 Å². The number of likely N-dealkylation sites (tertiary alicyclic amines) is 1. The number of fused-ring (bicyclic) bond motifs is 1. The second kappa shape index (κ2) is 7.21. The summed E-state index contributed by atoms with van der Waals surface area (Å²) in [4.78, 5) is 7.08. The normalized spacial score (nSPS) is 14.3. The number of hydrogen-bond acceptors (Lipinski definition) is 3. The predicted octanol–water partition coefficient (Wildman–Crippen LogP) is 5.24. The van der Waals surface area contributed by atoms with Crippen LogP contribution < -0.4 is 5.32 Å². The van der Waals surface area contributed by atoms with Crippen molar-refractivity contribution < 1.29 is 4.39 Å². The first-order chi connectivity index (χ1) is 13.8. The average Bonchev–Trinajstić information content (AvgIpc) is 2.96. The van der Waals surface area contributed by atoms with Crippen LogP contribution in [0.1, 0.15) is 40.6 Å². The van der Waals surface area contributed by atoms with E-state index in [2.05, 4.69) is 47.3 Å². The first-order valence-corrected chi connectivity index (χ1v) is 10.2. The summed E-state index contributed by atoms with van der Waals surface area (Å²) in [5.41, 5.74) is 8.84. The Morgan fingerprint density at radius 2 is 1.97 bits per heavy atom. The lowest BCUT2D eigenvalue weighted by Gasteiger charge is -2.40. The van der Waals surface area contributed by atoms with Gasteiger partial charge in [0.2, 0.25) is 0 Å². The lowest BCUT2D eigenvalue weighted by molar-refractivity contribution is 0.192. The zero-order valence-corrected chi connectivity index (χ0v) is 17.9. The van der Waals surface area contributed by atoms with Crippen molar-refractivity contribution in [3.05, 3.63) is 70.4 Å². The van der Waals surface area contributed by atoms with Gasteiger partial charge < -0.3 is 14.6 Å². The maximum Gasteiger partial charge on any atom is 0.160 e. The topological polar surface area (TPSA) is 32.6 Å². The van der Waals surface area contributed by atoms with Crippen molar-refractivity contribution >= 4 is 17.0 Å². The summed E-state index contributed by atoms with van der Waals surface area (Å²) in [6.07, 6.45) is 2.12. The molecule has 152 valence electrons. The molecule has 1 aliphatic heterocycles. The molecule has 29 heavy (non-hydrogen) atoms. The van der Waals surface area contributed by atoms with E-state index < -0.39 is 0 Å². The fourth-order valence-corrected chi connectivity index (χ4v) is 4.08. The summed E-state index contributed by atoms with van der Waals surface area (Å²) < 4.78 is 16.2. The molecule has 1 saturated heterocycles. The largest absolute Gasteiger partial charge is 0.378 e. The van der Waals surface area contributed by atoms with E-state index in [1.807, 2.05) is 26.8 Å². The van der Waals surface area contributed by atoms with Crippen molar-refractivity contribution in [2.75, 3.05) is 18.4 Å². The molecule has 0 aliphatic carbocycles. The molecular formula is C24H29FN4. The highest BCUT2D eigenvalue weighted by molar-refractivity contribution is 5.75. The van der Waals surface area contributed by atoms with Crippen molar-refractivity contribution in [3.63, 3.8) is 0 Å². The lowest BCUT2D eigenvalue weighted by Crippen LogP contribution is -2.43. The Hall–Kier alpha value is -2.82. The van der Waals surface area contributed by atoms with Gasteiger partial charge in [0.25, 0.3) is 0 Å². The van der Waals surface area contributed by atoms with Gasteiger partial charge in [0.05, 0.1) is 11.4 Å². The third kappa shape index (κ3) is 3.39. The third-order valence-corrected chi connectivity index (χ3v) is 6.20.